The third-order valence-corrected chi connectivity index (χ3v) is 5.43. The van der Waals surface area contributed by atoms with Crippen LogP contribution in [-0.2, 0) is 19.6 Å². The average Bonchev–Trinajstić information content (AvgIpc) is 3.00. The fourth-order valence-corrected chi connectivity index (χ4v) is 4.14. The minimum Gasteiger partial charge on any atom is -0.497 e. The fourth-order valence-electron chi connectivity index (χ4n) is 2.65. The summed E-state index contributed by atoms with van der Waals surface area (Å²) in [5.41, 5.74) is 5.93. The Labute approximate surface area is 141 Å². The molecule has 1 aromatic carbocycles. The topological polar surface area (TPSA) is 106 Å². The van der Waals surface area contributed by atoms with Gasteiger partial charge in [0.2, 0.25) is 0 Å². The number of esters is 1. The fraction of sp³-hybridized carbons (Fsp3) is 0.533. The molecule has 0 spiro atoms. The minimum atomic E-state index is -3.87. The highest BCUT2D eigenvalue weighted by Gasteiger charge is 2.48. The standard InChI is InChI=1S/C15H23N3O5S/c1-4-12-13(15(19)23-5-2)14(17-16-12)24(20,21)18-10-7-6-8-11(9-10)22-3/h6-9,12-14,16-18H,4-5H2,1-3H3. The molecule has 0 amide bonds. The van der Waals surface area contributed by atoms with Crippen molar-refractivity contribution in [2.24, 2.45) is 5.92 Å². The van der Waals surface area contributed by atoms with E-state index in [0.717, 1.165) is 0 Å². The van der Waals surface area contributed by atoms with E-state index in [2.05, 4.69) is 15.6 Å². The van der Waals surface area contributed by atoms with E-state index in [-0.39, 0.29) is 12.6 Å². The van der Waals surface area contributed by atoms with Crippen LogP contribution in [-0.4, -0.2) is 39.5 Å². The lowest BCUT2D eigenvalue weighted by molar-refractivity contribution is -0.148. The first-order valence-electron chi connectivity index (χ1n) is 7.76. The van der Waals surface area contributed by atoms with Crippen LogP contribution in [0.2, 0.25) is 0 Å². The third-order valence-electron chi connectivity index (χ3n) is 3.83. The number of carbonyl (C=O) groups excluding carboxylic acids is 1. The van der Waals surface area contributed by atoms with Gasteiger partial charge >= 0.3 is 5.97 Å². The lowest BCUT2D eigenvalue weighted by Gasteiger charge is -2.21. The molecule has 3 N–H and O–H groups in total. The number of hydrogen-bond donors (Lipinski definition) is 3. The summed E-state index contributed by atoms with van der Waals surface area (Å²) in [6, 6.07) is 6.24. The average molecular weight is 357 g/mol. The molecule has 1 fully saturated rings. The SMILES string of the molecule is CCOC(=O)C1C(CC)NNC1S(=O)(=O)Nc1cccc(OC)c1. The Morgan fingerprint density at radius 1 is 1.29 bits per heavy atom. The Morgan fingerprint density at radius 2 is 2.04 bits per heavy atom. The van der Waals surface area contributed by atoms with E-state index in [4.69, 9.17) is 9.47 Å². The molecule has 3 unspecified atom stereocenters. The zero-order valence-corrected chi connectivity index (χ0v) is 14.7. The van der Waals surface area contributed by atoms with Crippen molar-refractivity contribution in [3.63, 3.8) is 0 Å². The molecule has 1 aliphatic rings. The number of hydrazine groups is 1. The Hall–Kier alpha value is -1.84. The van der Waals surface area contributed by atoms with Crippen LogP contribution in [0.15, 0.2) is 24.3 Å². The lowest BCUT2D eigenvalue weighted by atomic mass is 10.00. The van der Waals surface area contributed by atoms with Gasteiger partial charge in [-0.3, -0.25) is 14.9 Å². The van der Waals surface area contributed by atoms with Crippen LogP contribution in [0.1, 0.15) is 20.3 Å². The van der Waals surface area contributed by atoms with Crippen molar-refractivity contribution < 1.29 is 22.7 Å². The summed E-state index contributed by atoms with van der Waals surface area (Å²) in [5, 5.41) is -1.13. The smallest absolute Gasteiger partial charge is 0.313 e. The Kier molecular flexibility index (Phi) is 6.03. The summed E-state index contributed by atoms with van der Waals surface area (Å²) in [6.07, 6.45) is 0.585. The summed E-state index contributed by atoms with van der Waals surface area (Å²) in [5.74, 6) is -0.845. The molecule has 1 aliphatic heterocycles. The first kappa shape index (κ1) is 18.5. The maximum absolute atomic E-state index is 12.7. The normalized spacial score (nSPS) is 23.7. The second-order valence-electron chi connectivity index (χ2n) is 5.38. The van der Waals surface area contributed by atoms with Crippen molar-refractivity contribution >= 4 is 21.7 Å². The highest BCUT2D eigenvalue weighted by molar-refractivity contribution is 7.93. The predicted octanol–water partition coefficient (Wildman–Crippen LogP) is 0.829. The molecule has 3 atom stereocenters. The molecule has 0 bridgehead atoms. The molecule has 9 heteroatoms. The van der Waals surface area contributed by atoms with Crippen LogP contribution in [0, 0.1) is 5.92 Å². The molecule has 8 nitrogen and oxygen atoms in total. The summed E-state index contributed by atoms with van der Waals surface area (Å²) < 4.78 is 38.1. The van der Waals surface area contributed by atoms with Gasteiger partial charge in [-0.15, -0.1) is 0 Å². The maximum Gasteiger partial charge on any atom is 0.313 e. The van der Waals surface area contributed by atoms with Crippen LogP contribution in [0.25, 0.3) is 0 Å². The van der Waals surface area contributed by atoms with Gasteiger partial charge in [0.15, 0.2) is 5.37 Å². The zero-order valence-electron chi connectivity index (χ0n) is 13.9. The van der Waals surface area contributed by atoms with Crippen molar-refractivity contribution in [1.82, 2.24) is 10.9 Å². The van der Waals surface area contributed by atoms with Gasteiger partial charge in [-0.05, 0) is 25.5 Å². The van der Waals surface area contributed by atoms with E-state index >= 15 is 0 Å². The van der Waals surface area contributed by atoms with Gasteiger partial charge < -0.3 is 9.47 Å². The molecule has 1 saturated heterocycles. The molecule has 2 rings (SSSR count). The maximum atomic E-state index is 12.7. The van der Waals surface area contributed by atoms with Crippen LogP contribution in [0.3, 0.4) is 0 Å². The number of methoxy groups -OCH3 is 1. The number of benzene rings is 1. The van der Waals surface area contributed by atoms with Gasteiger partial charge in [-0.2, -0.15) is 0 Å². The highest BCUT2D eigenvalue weighted by Crippen LogP contribution is 2.26. The predicted molar refractivity (Wildman–Crippen MR) is 89.8 cm³/mol. The Morgan fingerprint density at radius 3 is 2.67 bits per heavy atom. The molecule has 0 aromatic heterocycles. The van der Waals surface area contributed by atoms with Crippen LogP contribution in [0.5, 0.6) is 5.75 Å². The van der Waals surface area contributed by atoms with E-state index in [9.17, 15) is 13.2 Å². The first-order chi connectivity index (χ1) is 11.4. The van der Waals surface area contributed by atoms with E-state index in [1.807, 2.05) is 6.92 Å². The number of rotatable bonds is 7. The summed E-state index contributed by atoms with van der Waals surface area (Å²) in [4.78, 5) is 12.2. The molecular formula is C15H23N3O5S. The lowest BCUT2D eigenvalue weighted by Crippen LogP contribution is -2.44. The van der Waals surface area contributed by atoms with Gasteiger partial charge in [-0.25, -0.2) is 13.8 Å². The molecule has 24 heavy (non-hydrogen) atoms. The van der Waals surface area contributed by atoms with Crippen molar-refractivity contribution in [2.75, 3.05) is 18.4 Å². The van der Waals surface area contributed by atoms with Crippen LogP contribution < -0.4 is 20.3 Å². The Balaban J connectivity index is 2.24. The molecule has 0 aliphatic carbocycles. The van der Waals surface area contributed by atoms with E-state index < -0.39 is 27.3 Å². The number of carbonyl (C=O) groups is 1. The van der Waals surface area contributed by atoms with Gasteiger partial charge in [-0.1, -0.05) is 13.0 Å². The summed E-state index contributed by atoms with van der Waals surface area (Å²) in [7, 11) is -2.37. The van der Waals surface area contributed by atoms with E-state index in [0.29, 0.717) is 17.9 Å². The quantitative estimate of drug-likeness (QED) is 0.621. The van der Waals surface area contributed by atoms with Crippen LogP contribution >= 0.6 is 0 Å². The number of hydrogen-bond acceptors (Lipinski definition) is 7. The largest absolute Gasteiger partial charge is 0.497 e. The first-order valence-corrected chi connectivity index (χ1v) is 9.31. The van der Waals surface area contributed by atoms with Crippen molar-refractivity contribution in [1.29, 1.82) is 0 Å². The van der Waals surface area contributed by atoms with Crippen molar-refractivity contribution in [3.05, 3.63) is 24.3 Å². The Bertz CT molecular complexity index is 679. The highest BCUT2D eigenvalue weighted by atomic mass is 32.2. The number of anilines is 1. The zero-order chi connectivity index (χ0) is 17.7. The molecule has 1 heterocycles. The van der Waals surface area contributed by atoms with Gasteiger partial charge in [0.25, 0.3) is 10.0 Å². The monoisotopic (exact) mass is 357 g/mol. The van der Waals surface area contributed by atoms with Crippen molar-refractivity contribution in [3.8, 4) is 5.75 Å². The molecule has 0 saturated carbocycles. The molecule has 0 radical (unpaired) electrons. The minimum absolute atomic E-state index is 0.196. The van der Waals surface area contributed by atoms with Crippen LogP contribution in [0.4, 0.5) is 5.69 Å². The van der Waals surface area contributed by atoms with E-state index in [1.165, 1.54) is 7.11 Å². The second kappa shape index (κ2) is 7.82. The summed E-state index contributed by atoms with van der Waals surface area (Å²) in [6.45, 7) is 3.75. The number of ether oxygens (including phenoxy) is 2. The third kappa shape index (κ3) is 3.97. The summed E-state index contributed by atoms with van der Waals surface area (Å²) >= 11 is 0. The van der Waals surface area contributed by atoms with Gasteiger partial charge in [0.1, 0.15) is 11.7 Å². The second-order valence-corrected chi connectivity index (χ2v) is 7.18. The molecule has 1 aromatic rings. The number of sulfonamides is 1. The molecule has 134 valence electrons. The van der Waals surface area contributed by atoms with E-state index in [1.54, 1.807) is 31.2 Å². The van der Waals surface area contributed by atoms with Crippen molar-refractivity contribution in [2.45, 2.75) is 31.7 Å². The van der Waals surface area contributed by atoms with Gasteiger partial charge in [0.05, 0.1) is 19.4 Å². The van der Waals surface area contributed by atoms with Gasteiger partial charge in [0, 0.05) is 12.1 Å². The number of nitrogens with one attached hydrogen (secondary N) is 3. The molecular weight excluding hydrogens is 334 g/mol.